The SMILES string of the molecule is CNCc1cc(F)c(C)c(F)c1. The van der Waals surface area contributed by atoms with Gasteiger partial charge in [0.05, 0.1) is 0 Å². The van der Waals surface area contributed by atoms with Crippen molar-refractivity contribution in [2.24, 2.45) is 0 Å². The van der Waals surface area contributed by atoms with Crippen LogP contribution in [0.1, 0.15) is 11.1 Å². The van der Waals surface area contributed by atoms with E-state index in [9.17, 15) is 8.78 Å². The number of halogens is 2. The number of hydrogen-bond donors (Lipinski definition) is 1. The molecule has 0 amide bonds. The highest BCUT2D eigenvalue weighted by molar-refractivity contribution is 5.24. The first kappa shape index (κ1) is 9.13. The Labute approximate surface area is 70.4 Å². The molecule has 0 atom stereocenters. The molecule has 0 aromatic heterocycles. The molecular weight excluding hydrogens is 160 g/mol. The van der Waals surface area contributed by atoms with Crippen molar-refractivity contribution in [2.75, 3.05) is 7.05 Å². The molecule has 1 rings (SSSR count). The summed E-state index contributed by atoms with van der Waals surface area (Å²) in [5, 5.41) is 2.82. The van der Waals surface area contributed by atoms with Crippen LogP contribution in [0.3, 0.4) is 0 Å². The molecule has 66 valence electrons. The molecule has 0 aliphatic rings. The van der Waals surface area contributed by atoms with Crippen molar-refractivity contribution in [2.45, 2.75) is 13.5 Å². The maximum Gasteiger partial charge on any atom is 0.129 e. The monoisotopic (exact) mass is 171 g/mol. The topological polar surface area (TPSA) is 12.0 Å². The summed E-state index contributed by atoms with van der Waals surface area (Å²) >= 11 is 0. The van der Waals surface area contributed by atoms with Crippen molar-refractivity contribution >= 4 is 0 Å². The Bertz CT molecular complexity index is 261. The van der Waals surface area contributed by atoms with Gasteiger partial charge >= 0.3 is 0 Å². The van der Waals surface area contributed by atoms with Crippen LogP contribution in [0, 0.1) is 18.6 Å². The average molecular weight is 171 g/mol. The molecule has 0 aliphatic carbocycles. The minimum Gasteiger partial charge on any atom is -0.316 e. The van der Waals surface area contributed by atoms with E-state index in [1.54, 1.807) is 7.05 Å². The van der Waals surface area contributed by atoms with Crippen LogP contribution in [0.4, 0.5) is 8.78 Å². The molecule has 0 aliphatic heterocycles. The molecular formula is C9H11F2N. The number of rotatable bonds is 2. The average Bonchev–Trinajstić information content (AvgIpc) is 2.01. The van der Waals surface area contributed by atoms with Crippen LogP contribution in [0.2, 0.25) is 0 Å². The van der Waals surface area contributed by atoms with E-state index in [-0.39, 0.29) is 5.56 Å². The van der Waals surface area contributed by atoms with Crippen LogP contribution in [0.25, 0.3) is 0 Å². The molecule has 0 fully saturated rings. The maximum atomic E-state index is 12.9. The summed E-state index contributed by atoms with van der Waals surface area (Å²) in [6.45, 7) is 1.90. The Morgan fingerprint density at radius 3 is 2.17 bits per heavy atom. The summed E-state index contributed by atoms with van der Waals surface area (Å²) in [6.07, 6.45) is 0. The van der Waals surface area contributed by atoms with Gasteiger partial charge in [-0.25, -0.2) is 8.78 Å². The molecule has 0 bridgehead atoms. The Hall–Kier alpha value is -0.960. The van der Waals surface area contributed by atoms with Crippen molar-refractivity contribution in [1.29, 1.82) is 0 Å². The molecule has 1 aromatic rings. The van der Waals surface area contributed by atoms with E-state index < -0.39 is 11.6 Å². The lowest BCUT2D eigenvalue weighted by atomic mass is 10.1. The lowest BCUT2D eigenvalue weighted by molar-refractivity contribution is 0.563. The maximum absolute atomic E-state index is 12.9. The summed E-state index contributed by atoms with van der Waals surface area (Å²) in [7, 11) is 1.73. The summed E-state index contributed by atoms with van der Waals surface area (Å²) in [5.41, 5.74) is 0.702. The first-order chi connectivity index (χ1) is 5.65. The third-order valence-corrected chi connectivity index (χ3v) is 1.72. The van der Waals surface area contributed by atoms with Gasteiger partial charge < -0.3 is 5.32 Å². The van der Waals surface area contributed by atoms with Crippen molar-refractivity contribution in [3.63, 3.8) is 0 Å². The lowest BCUT2D eigenvalue weighted by Gasteiger charge is -2.03. The fourth-order valence-corrected chi connectivity index (χ4v) is 1.00. The summed E-state index contributed by atoms with van der Waals surface area (Å²) in [4.78, 5) is 0. The van der Waals surface area contributed by atoms with Gasteiger partial charge in [-0.05, 0) is 31.7 Å². The fraction of sp³-hybridized carbons (Fsp3) is 0.333. The van der Waals surface area contributed by atoms with Gasteiger partial charge in [0.15, 0.2) is 0 Å². The minimum atomic E-state index is -0.486. The molecule has 0 radical (unpaired) electrons. The second-order valence-electron chi connectivity index (χ2n) is 2.71. The normalized spacial score (nSPS) is 10.3. The second kappa shape index (κ2) is 3.63. The lowest BCUT2D eigenvalue weighted by Crippen LogP contribution is -2.06. The molecule has 0 unspecified atom stereocenters. The molecule has 0 saturated heterocycles. The van der Waals surface area contributed by atoms with Gasteiger partial charge in [-0.3, -0.25) is 0 Å². The largest absolute Gasteiger partial charge is 0.316 e. The van der Waals surface area contributed by atoms with Gasteiger partial charge in [0, 0.05) is 12.1 Å². The molecule has 1 nitrogen and oxygen atoms in total. The van der Waals surface area contributed by atoms with Crippen LogP contribution in [0.5, 0.6) is 0 Å². The van der Waals surface area contributed by atoms with Crippen molar-refractivity contribution < 1.29 is 8.78 Å². The Kier molecular flexibility index (Phi) is 2.76. The Morgan fingerprint density at radius 1 is 1.25 bits per heavy atom. The van der Waals surface area contributed by atoms with E-state index >= 15 is 0 Å². The number of hydrogen-bond acceptors (Lipinski definition) is 1. The summed E-state index contributed by atoms with van der Waals surface area (Å²) in [5.74, 6) is -0.972. The van der Waals surface area contributed by atoms with Gasteiger partial charge in [-0.2, -0.15) is 0 Å². The third-order valence-electron chi connectivity index (χ3n) is 1.72. The highest BCUT2D eigenvalue weighted by Gasteiger charge is 2.05. The van der Waals surface area contributed by atoms with Crippen LogP contribution in [-0.2, 0) is 6.54 Å². The molecule has 0 saturated carbocycles. The first-order valence-electron chi connectivity index (χ1n) is 3.74. The summed E-state index contributed by atoms with van der Waals surface area (Å²) in [6, 6.07) is 2.68. The van der Waals surface area contributed by atoms with E-state index in [0.29, 0.717) is 12.1 Å². The molecule has 1 aromatic carbocycles. The van der Waals surface area contributed by atoms with E-state index in [2.05, 4.69) is 5.32 Å². The van der Waals surface area contributed by atoms with Crippen LogP contribution < -0.4 is 5.32 Å². The van der Waals surface area contributed by atoms with Gasteiger partial charge in [-0.15, -0.1) is 0 Å². The molecule has 12 heavy (non-hydrogen) atoms. The van der Waals surface area contributed by atoms with Gasteiger partial charge in [0.25, 0.3) is 0 Å². The smallest absolute Gasteiger partial charge is 0.129 e. The highest BCUT2D eigenvalue weighted by Crippen LogP contribution is 2.13. The predicted molar refractivity (Wildman–Crippen MR) is 43.9 cm³/mol. The molecule has 1 N–H and O–H groups in total. The quantitative estimate of drug-likeness (QED) is 0.717. The second-order valence-corrected chi connectivity index (χ2v) is 2.71. The minimum absolute atomic E-state index is 0.0786. The van der Waals surface area contributed by atoms with E-state index in [1.807, 2.05) is 0 Å². The zero-order valence-electron chi connectivity index (χ0n) is 7.12. The zero-order chi connectivity index (χ0) is 9.14. The molecule has 0 spiro atoms. The van der Waals surface area contributed by atoms with Gasteiger partial charge in [0.1, 0.15) is 11.6 Å². The standard InChI is InChI=1S/C9H11F2N/c1-6-8(10)3-7(5-12-2)4-9(6)11/h3-4,12H,5H2,1-2H3. The van der Waals surface area contributed by atoms with Crippen LogP contribution >= 0.6 is 0 Å². The molecule has 0 heterocycles. The van der Waals surface area contributed by atoms with E-state index in [1.165, 1.54) is 19.1 Å². The zero-order valence-corrected chi connectivity index (χ0v) is 7.12. The number of benzene rings is 1. The van der Waals surface area contributed by atoms with E-state index in [0.717, 1.165) is 0 Å². The van der Waals surface area contributed by atoms with Crippen LogP contribution in [-0.4, -0.2) is 7.05 Å². The molecule has 3 heteroatoms. The van der Waals surface area contributed by atoms with Gasteiger partial charge in [0.2, 0.25) is 0 Å². The van der Waals surface area contributed by atoms with Crippen molar-refractivity contribution in [1.82, 2.24) is 5.32 Å². The predicted octanol–water partition coefficient (Wildman–Crippen LogP) is 1.99. The van der Waals surface area contributed by atoms with Gasteiger partial charge in [-0.1, -0.05) is 0 Å². The summed E-state index contributed by atoms with van der Waals surface area (Å²) < 4.78 is 25.8. The van der Waals surface area contributed by atoms with E-state index in [4.69, 9.17) is 0 Å². The third kappa shape index (κ3) is 1.80. The van der Waals surface area contributed by atoms with Crippen molar-refractivity contribution in [3.8, 4) is 0 Å². The number of nitrogens with one attached hydrogen (secondary N) is 1. The Balaban J connectivity index is 3.04. The fourth-order valence-electron chi connectivity index (χ4n) is 1.00. The van der Waals surface area contributed by atoms with Crippen LogP contribution in [0.15, 0.2) is 12.1 Å². The first-order valence-corrected chi connectivity index (χ1v) is 3.74. The Morgan fingerprint density at radius 2 is 1.75 bits per heavy atom. The highest BCUT2D eigenvalue weighted by atomic mass is 19.1. The van der Waals surface area contributed by atoms with Crippen molar-refractivity contribution in [3.05, 3.63) is 34.9 Å².